The lowest BCUT2D eigenvalue weighted by Gasteiger charge is -2.26. The Kier molecular flexibility index (Phi) is 4.90. The smallest absolute Gasteiger partial charge is 0.0469 e. The molecule has 88 valence electrons. The second kappa shape index (κ2) is 6.46. The third-order valence-corrected chi connectivity index (χ3v) is 3.61. The topological polar surface area (TPSA) is 33.3 Å². The number of rotatable bonds is 4. The minimum absolute atomic E-state index is 0.857. The van der Waals surface area contributed by atoms with E-state index in [1.54, 1.807) is 0 Å². The minimum atomic E-state index is 0.857. The standard InChI is InChI=1S/C12H24N2O/c1-2-12(9-13-5-1)10-14-8-11-3-6-15-7-4-11/h11-14H,1-10H2. The zero-order valence-corrected chi connectivity index (χ0v) is 9.63. The fourth-order valence-electron chi connectivity index (χ4n) is 2.54. The summed E-state index contributed by atoms with van der Waals surface area (Å²) in [6.45, 7) is 6.76. The van der Waals surface area contributed by atoms with Crippen LogP contribution in [0.25, 0.3) is 0 Å². The zero-order chi connectivity index (χ0) is 10.3. The van der Waals surface area contributed by atoms with Crippen molar-refractivity contribution >= 4 is 0 Å². The van der Waals surface area contributed by atoms with E-state index in [0.29, 0.717) is 0 Å². The van der Waals surface area contributed by atoms with Crippen LogP contribution in [0.4, 0.5) is 0 Å². The number of hydrogen-bond acceptors (Lipinski definition) is 3. The van der Waals surface area contributed by atoms with E-state index < -0.39 is 0 Å². The van der Waals surface area contributed by atoms with Crippen LogP contribution in [0.1, 0.15) is 25.7 Å². The first-order valence-corrected chi connectivity index (χ1v) is 6.44. The molecule has 0 aromatic carbocycles. The van der Waals surface area contributed by atoms with Gasteiger partial charge in [-0.3, -0.25) is 0 Å². The summed E-state index contributed by atoms with van der Waals surface area (Å²) in [5.74, 6) is 1.72. The predicted octanol–water partition coefficient (Wildman–Crippen LogP) is 1.00. The maximum atomic E-state index is 5.36. The highest BCUT2D eigenvalue weighted by molar-refractivity contribution is 4.72. The van der Waals surface area contributed by atoms with Gasteiger partial charge in [0.2, 0.25) is 0 Å². The van der Waals surface area contributed by atoms with Gasteiger partial charge in [0.1, 0.15) is 0 Å². The maximum absolute atomic E-state index is 5.36. The molecule has 0 aliphatic carbocycles. The molecule has 1 unspecified atom stereocenters. The van der Waals surface area contributed by atoms with Gasteiger partial charge in [0, 0.05) is 13.2 Å². The lowest BCUT2D eigenvalue weighted by Crippen LogP contribution is -2.38. The highest BCUT2D eigenvalue weighted by Gasteiger charge is 2.15. The Morgan fingerprint density at radius 3 is 2.60 bits per heavy atom. The third-order valence-electron chi connectivity index (χ3n) is 3.61. The quantitative estimate of drug-likeness (QED) is 0.729. The first-order chi connectivity index (χ1) is 7.45. The van der Waals surface area contributed by atoms with Gasteiger partial charge in [-0.25, -0.2) is 0 Å². The molecule has 3 heteroatoms. The molecule has 2 aliphatic heterocycles. The molecule has 2 fully saturated rings. The monoisotopic (exact) mass is 212 g/mol. The molecule has 2 aliphatic rings. The van der Waals surface area contributed by atoms with E-state index in [9.17, 15) is 0 Å². The molecular weight excluding hydrogens is 188 g/mol. The van der Waals surface area contributed by atoms with Crippen LogP contribution in [0.2, 0.25) is 0 Å². The molecular formula is C12H24N2O. The molecule has 0 aromatic rings. The molecule has 2 rings (SSSR count). The van der Waals surface area contributed by atoms with Crippen molar-refractivity contribution in [2.75, 3.05) is 39.4 Å². The summed E-state index contributed by atoms with van der Waals surface area (Å²) in [6, 6.07) is 0. The van der Waals surface area contributed by atoms with E-state index in [1.165, 1.54) is 51.9 Å². The van der Waals surface area contributed by atoms with Gasteiger partial charge in [-0.1, -0.05) is 0 Å². The van der Waals surface area contributed by atoms with Gasteiger partial charge in [-0.05, 0) is 63.7 Å². The van der Waals surface area contributed by atoms with Crippen LogP contribution < -0.4 is 10.6 Å². The first kappa shape index (κ1) is 11.4. The summed E-state index contributed by atoms with van der Waals surface area (Å²) in [7, 11) is 0. The van der Waals surface area contributed by atoms with Gasteiger partial charge < -0.3 is 15.4 Å². The minimum Gasteiger partial charge on any atom is -0.381 e. The lowest BCUT2D eigenvalue weighted by molar-refractivity contribution is 0.0659. The third kappa shape index (κ3) is 4.09. The summed E-state index contributed by atoms with van der Waals surface area (Å²) in [5, 5.41) is 7.09. The van der Waals surface area contributed by atoms with Crippen molar-refractivity contribution in [1.82, 2.24) is 10.6 Å². The first-order valence-electron chi connectivity index (χ1n) is 6.44. The van der Waals surface area contributed by atoms with Crippen LogP contribution in [0.5, 0.6) is 0 Å². The van der Waals surface area contributed by atoms with Crippen molar-refractivity contribution in [1.29, 1.82) is 0 Å². The fraction of sp³-hybridized carbons (Fsp3) is 1.00. The summed E-state index contributed by atoms with van der Waals surface area (Å²) in [6.07, 6.45) is 5.24. The lowest BCUT2D eigenvalue weighted by atomic mass is 9.98. The molecule has 2 N–H and O–H groups in total. The number of hydrogen-bond donors (Lipinski definition) is 2. The van der Waals surface area contributed by atoms with E-state index in [4.69, 9.17) is 4.74 Å². The maximum Gasteiger partial charge on any atom is 0.0469 e. The molecule has 0 saturated carbocycles. The Bertz CT molecular complexity index is 145. The highest BCUT2D eigenvalue weighted by atomic mass is 16.5. The van der Waals surface area contributed by atoms with E-state index in [0.717, 1.165) is 25.0 Å². The van der Waals surface area contributed by atoms with Crippen molar-refractivity contribution in [2.45, 2.75) is 25.7 Å². The van der Waals surface area contributed by atoms with Gasteiger partial charge in [-0.15, -0.1) is 0 Å². The van der Waals surface area contributed by atoms with Crippen molar-refractivity contribution < 1.29 is 4.74 Å². The molecule has 15 heavy (non-hydrogen) atoms. The van der Waals surface area contributed by atoms with Gasteiger partial charge in [0.05, 0.1) is 0 Å². The Morgan fingerprint density at radius 2 is 1.87 bits per heavy atom. The van der Waals surface area contributed by atoms with E-state index in [-0.39, 0.29) is 0 Å². The summed E-state index contributed by atoms with van der Waals surface area (Å²) < 4.78 is 5.36. The summed E-state index contributed by atoms with van der Waals surface area (Å²) in [5.41, 5.74) is 0. The molecule has 0 aromatic heterocycles. The molecule has 2 heterocycles. The van der Waals surface area contributed by atoms with Crippen LogP contribution >= 0.6 is 0 Å². The van der Waals surface area contributed by atoms with Gasteiger partial charge in [0.15, 0.2) is 0 Å². The highest BCUT2D eigenvalue weighted by Crippen LogP contribution is 2.14. The average Bonchev–Trinajstić information content (AvgIpc) is 2.32. The van der Waals surface area contributed by atoms with Crippen LogP contribution in [-0.4, -0.2) is 39.4 Å². The van der Waals surface area contributed by atoms with Gasteiger partial charge in [-0.2, -0.15) is 0 Å². The molecule has 1 atom stereocenters. The second-order valence-corrected chi connectivity index (χ2v) is 4.93. The molecule has 3 nitrogen and oxygen atoms in total. The van der Waals surface area contributed by atoms with Crippen molar-refractivity contribution in [3.8, 4) is 0 Å². The number of nitrogens with one attached hydrogen (secondary N) is 2. The largest absolute Gasteiger partial charge is 0.381 e. The van der Waals surface area contributed by atoms with Gasteiger partial charge in [0.25, 0.3) is 0 Å². The Hall–Kier alpha value is -0.120. The fourth-order valence-corrected chi connectivity index (χ4v) is 2.54. The normalized spacial score (nSPS) is 29.2. The van der Waals surface area contributed by atoms with Crippen molar-refractivity contribution in [2.24, 2.45) is 11.8 Å². The van der Waals surface area contributed by atoms with Crippen LogP contribution in [0.15, 0.2) is 0 Å². The van der Waals surface area contributed by atoms with Gasteiger partial charge >= 0.3 is 0 Å². The summed E-state index contributed by atoms with van der Waals surface area (Å²) in [4.78, 5) is 0. The van der Waals surface area contributed by atoms with Crippen LogP contribution in [0.3, 0.4) is 0 Å². The van der Waals surface area contributed by atoms with Crippen LogP contribution in [-0.2, 0) is 4.74 Å². The zero-order valence-electron chi connectivity index (χ0n) is 9.63. The molecule has 0 spiro atoms. The molecule has 0 amide bonds. The van der Waals surface area contributed by atoms with Crippen molar-refractivity contribution in [3.05, 3.63) is 0 Å². The SMILES string of the molecule is C1CNCC(CNCC2CCOCC2)C1. The summed E-state index contributed by atoms with van der Waals surface area (Å²) >= 11 is 0. The molecule has 0 radical (unpaired) electrons. The Balaban J connectivity index is 1.53. The van der Waals surface area contributed by atoms with E-state index >= 15 is 0 Å². The van der Waals surface area contributed by atoms with E-state index in [2.05, 4.69) is 10.6 Å². The van der Waals surface area contributed by atoms with E-state index in [1.807, 2.05) is 0 Å². The van der Waals surface area contributed by atoms with Crippen molar-refractivity contribution in [3.63, 3.8) is 0 Å². The molecule has 2 saturated heterocycles. The Labute approximate surface area is 93.0 Å². The number of ether oxygens (including phenoxy) is 1. The Morgan fingerprint density at radius 1 is 1.07 bits per heavy atom. The molecule has 0 bridgehead atoms. The number of piperidine rings is 1. The average molecular weight is 212 g/mol. The van der Waals surface area contributed by atoms with Crippen LogP contribution in [0, 0.1) is 11.8 Å². The predicted molar refractivity (Wildman–Crippen MR) is 62.0 cm³/mol. The second-order valence-electron chi connectivity index (χ2n) is 4.93.